The van der Waals surface area contributed by atoms with E-state index >= 15 is 0 Å². The number of azide groups is 1. The van der Waals surface area contributed by atoms with Crippen molar-refractivity contribution in [3.63, 3.8) is 0 Å². The zero-order valence-electron chi connectivity index (χ0n) is 16.4. The van der Waals surface area contributed by atoms with E-state index in [-0.39, 0.29) is 11.9 Å². The molecule has 0 aliphatic rings. The first kappa shape index (κ1) is 22.2. The van der Waals surface area contributed by atoms with Crippen molar-refractivity contribution in [1.29, 1.82) is 0 Å². The molecule has 152 valence electrons. The fourth-order valence-electron chi connectivity index (χ4n) is 2.87. The highest BCUT2D eigenvalue weighted by Crippen LogP contribution is 2.37. The molecular weight excluding hydrogens is 402 g/mol. The molecule has 2 heterocycles. The largest absolute Gasteiger partial charge is 0.474 e. The first-order valence-electron chi connectivity index (χ1n) is 8.99. The number of pyridine rings is 2. The maximum atomic E-state index is 11.5. The number of nitrogens with zero attached hydrogens (tertiary/aromatic N) is 5. The van der Waals surface area contributed by atoms with E-state index in [0.29, 0.717) is 35.7 Å². The molecule has 0 amide bonds. The highest BCUT2D eigenvalue weighted by atomic mass is 35.5. The van der Waals surface area contributed by atoms with Gasteiger partial charge >= 0.3 is 0 Å². The molecule has 0 radical (unpaired) electrons. The Morgan fingerprint density at radius 2 is 2.04 bits per heavy atom. The van der Waals surface area contributed by atoms with Gasteiger partial charge in [-0.25, -0.2) is 18.4 Å². The lowest BCUT2D eigenvalue weighted by atomic mass is 9.88. The van der Waals surface area contributed by atoms with Gasteiger partial charge < -0.3 is 4.74 Å². The fraction of sp³-hybridized carbons (Fsp3) is 0.556. The molecule has 8 nitrogen and oxygen atoms in total. The zero-order chi connectivity index (χ0) is 20.9. The van der Waals surface area contributed by atoms with E-state index in [9.17, 15) is 8.42 Å². The molecule has 0 aliphatic heterocycles. The topological polar surface area (TPSA) is 118 Å². The average molecular weight is 426 g/mol. The molecule has 2 rings (SSSR count). The van der Waals surface area contributed by atoms with Gasteiger partial charge in [-0.1, -0.05) is 30.6 Å². The molecule has 2 aromatic rings. The van der Waals surface area contributed by atoms with Gasteiger partial charge in [0.2, 0.25) is 5.88 Å². The van der Waals surface area contributed by atoms with Crippen LogP contribution in [-0.2, 0) is 15.4 Å². The minimum Gasteiger partial charge on any atom is -0.474 e. The third-order valence-corrected chi connectivity index (χ3v) is 5.96. The van der Waals surface area contributed by atoms with Gasteiger partial charge in [0.05, 0.1) is 16.7 Å². The van der Waals surface area contributed by atoms with E-state index in [1.165, 1.54) is 6.26 Å². The molecule has 0 bridgehead atoms. The van der Waals surface area contributed by atoms with Crippen molar-refractivity contribution in [2.75, 3.05) is 12.0 Å². The molecule has 0 N–H and O–H groups in total. The van der Waals surface area contributed by atoms with Crippen molar-refractivity contribution >= 4 is 32.2 Å². The second-order valence-electron chi connectivity index (χ2n) is 6.91. The van der Waals surface area contributed by atoms with Crippen LogP contribution in [-0.4, -0.2) is 36.5 Å². The van der Waals surface area contributed by atoms with Crippen LogP contribution in [0.3, 0.4) is 0 Å². The van der Waals surface area contributed by atoms with E-state index in [0.717, 1.165) is 10.9 Å². The summed E-state index contributed by atoms with van der Waals surface area (Å²) in [6.45, 7) is 5.68. The number of aromatic nitrogens is 2. The van der Waals surface area contributed by atoms with Crippen molar-refractivity contribution in [1.82, 2.24) is 9.97 Å². The Kier molecular flexibility index (Phi) is 7.09. The van der Waals surface area contributed by atoms with Crippen molar-refractivity contribution in [3.05, 3.63) is 39.6 Å². The zero-order valence-corrected chi connectivity index (χ0v) is 18.0. The second kappa shape index (κ2) is 8.94. The Bertz CT molecular complexity index is 1010. The Morgan fingerprint density at radius 3 is 2.61 bits per heavy atom. The highest BCUT2D eigenvalue weighted by Gasteiger charge is 2.27. The Labute approximate surface area is 169 Å². The number of hydrogen-bond donors (Lipinski definition) is 0. The molecular formula is C18H24ClN5O3S. The lowest BCUT2D eigenvalue weighted by molar-refractivity contribution is 0.188. The van der Waals surface area contributed by atoms with E-state index in [2.05, 4.69) is 20.0 Å². The van der Waals surface area contributed by atoms with Crippen LogP contribution in [0.5, 0.6) is 5.88 Å². The van der Waals surface area contributed by atoms with Gasteiger partial charge in [0.15, 0.2) is 0 Å². The fourth-order valence-corrected chi connectivity index (χ4v) is 3.72. The van der Waals surface area contributed by atoms with Crippen LogP contribution >= 0.6 is 11.6 Å². The molecule has 10 heteroatoms. The molecule has 2 unspecified atom stereocenters. The van der Waals surface area contributed by atoms with E-state index in [1.807, 2.05) is 20.8 Å². The lowest BCUT2D eigenvalue weighted by Crippen LogP contribution is -2.21. The number of rotatable bonds is 9. The van der Waals surface area contributed by atoms with E-state index in [4.69, 9.17) is 21.9 Å². The third kappa shape index (κ3) is 5.25. The summed E-state index contributed by atoms with van der Waals surface area (Å²) in [5.74, 6) is 0.388. The molecule has 28 heavy (non-hydrogen) atoms. The number of ether oxygens (including phenoxy) is 1. The van der Waals surface area contributed by atoms with Crippen LogP contribution in [0, 0.1) is 0 Å². The summed E-state index contributed by atoms with van der Waals surface area (Å²) in [5, 5.41) is 5.63. The quantitative estimate of drug-likeness (QED) is 0.247. The monoisotopic (exact) mass is 425 g/mol. The molecule has 0 spiro atoms. The summed E-state index contributed by atoms with van der Waals surface area (Å²) < 4.78 is 28.9. The molecule has 0 aliphatic carbocycles. The van der Waals surface area contributed by atoms with Crippen molar-refractivity contribution in [2.24, 2.45) is 5.11 Å². The second-order valence-corrected chi connectivity index (χ2v) is 9.56. The molecule has 2 aromatic heterocycles. The molecule has 2 atom stereocenters. The van der Waals surface area contributed by atoms with Crippen LogP contribution in [0.2, 0.25) is 5.15 Å². The summed E-state index contributed by atoms with van der Waals surface area (Å²) in [7, 11) is -3.08. The highest BCUT2D eigenvalue weighted by molar-refractivity contribution is 7.90. The lowest BCUT2D eigenvalue weighted by Gasteiger charge is -2.25. The Morgan fingerprint density at radius 1 is 1.32 bits per heavy atom. The van der Waals surface area contributed by atoms with Crippen molar-refractivity contribution < 1.29 is 13.2 Å². The van der Waals surface area contributed by atoms with Crippen LogP contribution in [0.1, 0.15) is 45.6 Å². The van der Waals surface area contributed by atoms with Crippen molar-refractivity contribution in [2.45, 2.75) is 51.7 Å². The standard InChI is InChI=1S/C18H24ClN5O3S/c1-5-12(7-8-28(4,25)26)27-17-14-10-21-16(19)9-13(14)15(11-22-17)18(3,6-2)23-24-20/h9-12H,5-8H2,1-4H3. The van der Waals surface area contributed by atoms with Gasteiger partial charge in [-0.05, 0) is 48.7 Å². The Balaban J connectivity index is 2.52. The van der Waals surface area contributed by atoms with Crippen LogP contribution in [0.4, 0.5) is 0 Å². The SMILES string of the molecule is CCC(CCS(C)(=O)=O)Oc1ncc(C(C)(CC)N=[N+]=[N-])c2cc(Cl)ncc12. The summed E-state index contributed by atoms with van der Waals surface area (Å²) in [6.07, 6.45) is 5.66. The predicted molar refractivity (Wildman–Crippen MR) is 110 cm³/mol. The minimum absolute atomic E-state index is 0.0381. The Hall–Kier alpha value is -2.09. The van der Waals surface area contributed by atoms with Gasteiger partial charge in [-0.2, -0.15) is 0 Å². The number of halogens is 1. The van der Waals surface area contributed by atoms with Crippen LogP contribution in [0.15, 0.2) is 23.6 Å². The summed E-state index contributed by atoms with van der Waals surface area (Å²) in [6, 6.07) is 1.69. The molecule has 0 aromatic carbocycles. The van der Waals surface area contributed by atoms with Crippen molar-refractivity contribution in [3.8, 4) is 5.88 Å². The van der Waals surface area contributed by atoms with Gasteiger partial charge in [0, 0.05) is 23.6 Å². The van der Waals surface area contributed by atoms with Gasteiger partial charge in [-0.15, -0.1) is 0 Å². The number of fused-ring (bicyclic) bond motifs is 1. The minimum atomic E-state index is -3.08. The first-order chi connectivity index (χ1) is 13.1. The summed E-state index contributed by atoms with van der Waals surface area (Å²) in [5.41, 5.74) is 8.90. The predicted octanol–water partition coefficient (Wildman–Crippen LogP) is 4.81. The number of sulfone groups is 1. The number of hydrogen-bond acceptors (Lipinski definition) is 6. The first-order valence-corrected chi connectivity index (χ1v) is 11.4. The molecule has 0 fully saturated rings. The van der Waals surface area contributed by atoms with Crippen LogP contribution < -0.4 is 4.74 Å². The van der Waals surface area contributed by atoms with Gasteiger partial charge in [0.25, 0.3) is 0 Å². The van der Waals surface area contributed by atoms with Gasteiger partial charge in [0.1, 0.15) is 21.1 Å². The maximum absolute atomic E-state index is 11.5. The molecule has 0 saturated carbocycles. The average Bonchev–Trinajstić information content (AvgIpc) is 2.64. The normalized spacial score (nSPS) is 14.9. The maximum Gasteiger partial charge on any atom is 0.223 e. The third-order valence-electron chi connectivity index (χ3n) is 4.78. The summed E-state index contributed by atoms with van der Waals surface area (Å²) >= 11 is 6.10. The van der Waals surface area contributed by atoms with Gasteiger partial charge in [-0.3, -0.25) is 0 Å². The van der Waals surface area contributed by atoms with Crippen LogP contribution in [0.25, 0.3) is 21.2 Å². The van der Waals surface area contributed by atoms with E-state index in [1.54, 1.807) is 18.5 Å². The molecule has 0 saturated heterocycles. The summed E-state index contributed by atoms with van der Waals surface area (Å²) in [4.78, 5) is 11.5. The smallest absolute Gasteiger partial charge is 0.223 e. The van der Waals surface area contributed by atoms with E-state index < -0.39 is 15.4 Å².